The molecule has 0 saturated carbocycles. The lowest BCUT2D eigenvalue weighted by atomic mass is 10.0. The van der Waals surface area contributed by atoms with E-state index in [0.717, 1.165) is 35.8 Å². The van der Waals surface area contributed by atoms with Crippen LogP contribution in [-0.4, -0.2) is 35.7 Å². The third-order valence-corrected chi connectivity index (χ3v) is 7.26. The van der Waals surface area contributed by atoms with Crippen molar-refractivity contribution in [2.45, 2.75) is 56.5 Å². The van der Waals surface area contributed by atoms with Crippen LogP contribution in [0.1, 0.15) is 54.2 Å². The van der Waals surface area contributed by atoms with E-state index in [1.807, 2.05) is 24.3 Å². The second kappa shape index (κ2) is 11.0. The van der Waals surface area contributed by atoms with Crippen molar-refractivity contribution in [1.82, 2.24) is 10.2 Å². The molecule has 0 aromatic heterocycles. The van der Waals surface area contributed by atoms with Crippen molar-refractivity contribution < 1.29 is 4.79 Å². The number of rotatable bonds is 8. The highest BCUT2D eigenvalue weighted by Gasteiger charge is 2.18. The van der Waals surface area contributed by atoms with Crippen molar-refractivity contribution in [2.24, 2.45) is 4.99 Å². The fraction of sp³-hybridized carbons (Fsp3) is 0.310. The number of amides is 1. The quantitative estimate of drug-likeness (QED) is 0.401. The summed E-state index contributed by atoms with van der Waals surface area (Å²) in [6, 6.07) is 23.2. The first-order valence-electron chi connectivity index (χ1n) is 12.0. The third-order valence-electron chi connectivity index (χ3n) is 6.12. The first kappa shape index (κ1) is 24.2. The molecule has 34 heavy (non-hydrogen) atoms. The Morgan fingerprint density at radius 2 is 1.79 bits per heavy atom. The number of aliphatic imine (C=N–C) groups is 1. The molecular formula is C29H33N3OS. The molecule has 4 rings (SSSR count). The van der Waals surface area contributed by atoms with Crippen molar-refractivity contribution in [3.05, 3.63) is 89.0 Å². The molecule has 0 fully saturated rings. The minimum absolute atomic E-state index is 0.0536. The highest BCUT2D eigenvalue weighted by Crippen LogP contribution is 2.41. The molecule has 0 spiro atoms. The van der Waals surface area contributed by atoms with Gasteiger partial charge in [-0.2, -0.15) is 0 Å². The van der Waals surface area contributed by atoms with Crippen LogP contribution in [-0.2, 0) is 6.54 Å². The number of aryl methyl sites for hydroxylation is 1. The fourth-order valence-corrected chi connectivity index (χ4v) is 5.14. The maximum Gasteiger partial charge on any atom is 0.251 e. The molecule has 1 heterocycles. The predicted octanol–water partition coefficient (Wildman–Crippen LogP) is 6.63. The van der Waals surface area contributed by atoms with Crippen molar-refractivity contribution in [1.29, 1.82) is 0 Å². The molecule has 5 heteroatoms. The van der Waals surface area contributed by atoms with E-state index < -0.39 is 0 Å². The zero-order chi connectivity index (χ0) is 24.1. The molecule has 1 aliphatic heterocycles. The van der Waals surface area contributed by atoms with Gasteiger partial charge in [-0.15, -0.1) is 0 Å². The molecule has 176 valence electrons. The van der Waals surface area contributed by atoms with Crippen molar-refractivity contribution in [2.75, 3.05) is 13.1 Å². The Kier molecular flexibility index (Phi) is 7.86. The number of carbonyl (C=O) groups is 1. The highest BCUT2D eigenvalue weighted by atomic mass is 32.2. The number of benzene rings is 3. The Balaban J connectivity index is 1.45. The minimum Gasteiger partial charge on any atom is -0.351 e. The van der Waals surface area contributed by atoms with E-state index in [1.54, 1.807) is 11.8 Å². The standard InChI is InChI=1S/C29H33N3OS/c1-5-25-24-17-21(4)11-13-27(24)34-28-14-12-23(18-26(28)31-25)29(33)30-15-16-32(20(2)3)19-22-9-7-6-8-10-22/h6-14,17-18,20H,5,15-16,19H2,1-4H3,(H,30,33). The summed E-state index contributed by atoms with van der Waals surface area (Å²) in [6.45, 7) is 10.9. The normalized spacial score (nSPS) is 12.7. The zero-order valence-corrected chi connectivity index (χ0v) is 21.3. The van der Waals surface area contributed by atoms with Gasteiger partial charge in [0.25, 0.3) is 5.91 Å². The van der Waals surface area contributed by atoms with Gasteiger partial charge in [-0.25, -0.2) is 0 Å². The van der Waals surface area contributed by atoms with Crippen molar-refractivity contribution >= 4 is 29.1 Å². The van der Waals surface area contributed by atoms with Crippen LogP contribution in [0.3, 0.4) is 0 Å². The summed E-state index contributed by atoms with van der Waals surface area (Å²) in [7, 11) is 0. The van der Waals surface area contributed by atoms with Gasteiger partial charge in [-0.1, -0.05) is 60.6 Å². The molecule has 1 aliphatic rings. The van der Waals surface area contributed by atoms with Crippen LogP contribution in [0.25, 0.3) is 0 Å². The Morgan fingerprint density at radius 1 is 1.03 bits per heavy atom. The smallest absolute Gasteiger partial charge is 0.251 e. The molecule has 0 saturated heterocycles. The van der Waals surface area contributed by atoms with Crippen LogP contribution in [0.15, 0.2) is 81.5 Å². The van der Waals surface area contributed by atoms with Gasteiger partial charge in [0.15, 0.2) is 0 Å². The molecule has 0 aliphatic carbocycles. The molecule has 0 unspecified atom stereocenters. The van der Waals surface area contributed by atoms with Gasteiger partial charge in [-0.05, 0) is 63.1 Å². The number of hydrogen-bond donors (Lipinski definition) is 1. The maximum atomic E-state index is 13.0. The van der Waals surface area contributed by atoms with Crippen LogP contribution in [0.5, 0.6) is 0 Å². The molecule has 1 N–H and O–H groups in total. The Hall–Kier alpha value is -2.89. The monoisotopic (exact) mass is 471 g/mol. The molecule has 3 aromatic rings. The van der Waals surface area contributed by atoms with Gasteiger partial charge in [0.2, 0.25) is 0 Å². The second-order valence-electron chi connectivity index (χ2n) is 9.00. The van der Waals surface area contributed by atoms with Crippen molar-refractivity contribution in [3.63, 3.8) is 0 Å². The first-order chi connectivity index (χ1) is 16.4. The van der Waals surface area contributed by atoms with E-state index in [-0.39, 0.29) is 5.91 Å². The maximum absolute atomic E-state index is 13.0. The van der Waals surface area contributed by atoms with Gasteiger partial charge < -0.3 is 5.32 Å². The van der Waals surface area contributed by atoms with Crippen molar-refractivity contribution in [3.8, 4) is 0 Å². The van der Waals surface area contributed by atoms with E-state index in [4.69, 9.17) is 4.99 Å². The van der Waals surface area contributed by atoms with Gasteiger partial charge in [-0.3, -0.25) is 14.7 Å². The third kappa shape index (κ3) is 5.78. The van der Waals surface area contributed by atoms with E-state index in [1.165, 1.54) is 21.6 Å². The summed E-state index contributed by atoms with van der Waals surface area (Å²) in [5.41, 5.74) is 6.30. The van der Waals surface area contributed by atoms with E-state index >= 15 is 0 Å². The van der Waals surface area contributed by atoms with E-state index in [0.29, 0.717) is 18.2 Å². The minimum atomic E-state index is -0.0536. The summed E-state index contributed by atoms with van der Waals surface area (Å²) in [5.74, 6) is -0.0536. The van der Waals surface area contributed by atoms with Crippen LogP contribution in [0, 0.1) is 6.92 Å². The van der Waals surface area contributed by atoms with E-state index in [2.05, 4.69) is 80.4 Å². The van der Waals surface area contributed by atoms with Gasteiger partial charge >= 0.3 is 0 Å². The molecule has 0 radical (unpaired) electrons. The van der Waals surface area contributed by atoms with Gasteiger partial charge in [0.1, 0.15) is 0 Å². The molecule has 3 aromatic carbocycles. The van der Waals surface area contributed by atoms with Crippen LogP contribution in [0.2, 0.25) is 0 Å². The second-order valence-corrected chi connectivity index (χ2v) is 10.1. The van der Waals surface area contributed by atoms with Crippen LogP contribution < -0.4 is 5.32 Å². The lowest BCUT2D eigenvalue weighted by Crippen LogP contribution is -2.38. The van der Waals surface area contributed by atoms with Crippen LogP contribution >= 0.6 is 11.8 Å². The molecular weight excluding hydrogens is 438 g/mol. The SMILES string of the molecule is CCC1=Nc2cc(C(=O)NCCN(Cc3ccccc3)C(C)C)ccc2Sc2ccc(C)cc21. The molecule has 4 nitrogen and oxygen atoms in total. The first-order valence-corrected chi connectivity index (χ1v) is 12.8. The predicted molar refractivity (Wildman–Crippen MR) is 143 cm³/mol. The molecule has 0 bridgehead atoms. The van der Waals surface area contributed by atoms with Gasteiger partial charge in [0, 0.05) is 52.3 Å². The average Bonchev–Trinajstić information content (AvgIpc) is 2.99. The summed E-state index contributed by atoms with van der Waals surface area (Å²) in [4.78, 5) is 22.6. The average molecular weight is 472 g/mol. The fourth-order valence-electron chi connectivity index (χ4n) is 4.14. The number of nitrogens with one attached hydrogen (secondary N) is 1. The summed E-state index contributed by atoms with van der Waals surface area (Å²) >= 11 is 1.72. The highest BCUT2D eigenvalue weighted by molar-refractivity contribution is 7.99. The lowest BCUT2D eigenvalue weighted by molar-refractivity contribution is 0.0944. The number of fused-ring (bicyclic) bond motifs is 2. The summed E-state index contributed by atoms with van der Waals surface area (Å²) in [5, 5.41) is 3.11. The number of nitrogens with zero attached hydrogens (tertiary/aromatic N) is 2. The van der Waals surface area contributed by atoms with Crippen LogP contribution in [0.4, 0.5) is 5.69 Å². The summed E-state index contributed by atoms with van der Waals surface area (Å²) in [6.07, 6.45) is 0.847. The number of carbonyl (C=O) groups excluding carboxylic acids is 1. The Bertz CT molecular complexity index is 1190. The Labute approximate surface area is 207 Å². The molecule has 0 atom stereocenters. The lowest BCUT2D eigenvalue weighted by Gasteiger charge is -2.26. The van der Waals surface area contributed by atoms with E-state index in [9.17, 15) is 4.79 Å². The zero-order valence-electron chi connectivity index (χ0n) is 20.5. The largest absolute Gasteiger partial charge is 0.351 e. The Morgan fingerprint density at radius 3 is 2.53 bits per heavy atom. The van der Waals surface area contributed by atoms with Gasteiger partial charge in [0.05, 0.1) is 5.69 Å². The molecule has 1 amide bonds. The number of hydrogen-bond acceptors (Lipinski definition) is 4. The summed E-state index contributed by atoms with van der Waals surface area (Å²) < 4.78 is 0. The topological polar surface area (TPSA) is 44.7 Å².